The Balaban J connectivity index is 2.14. The predicted octanol–water partition coefficient (Wildman–Crippen LogP) is 2.77. The summed E-state index contributed by atoms with van der Waals surface area (Å²) in [6.45, 7) is 0.285. The number of aromatic hydroxyl groups is 1. The van der Waals surface area contributed by atoms with Crippen molar-refractivity contribution < 1.29 is 14.9 Å². The molecule has 0 fully saturated rings. The number of aliphatic hydroxyl groups is 1. The van der Waals surface area contributed by atoms with Gasteiger partial charge in [-0.2, -0.15) is 0 Å². The van der Waals surface area contributed by atoms with Crippen molar-refractivity contribution in [3.8, 4) is 23.3 Å². The largest absolute Gasteiger partial charge is 0.508 e. The van der Waals surface area contributed by atoms with Crippen LogP contribution in [-0.4, -0.2) is 23.4 Å². The number of phenolic OH excluding ortho intramolecular Hbond substituents is 1. The molecule has 0 unspecified atom stereocenters. The quantitative estimate of drug-likeness (QED) is 0.636. The third-order valence-corrected chi connectivity index (χ3v) is 3.34. The Morgan fingerprint density at radius 2 is 1.65 bits per heavy atom. The second kappa shape index (κ2) is 7.17. The van der Waals surface area contributed by atoms with Crippen molar-refractivity contribution in [3.05, 3.63) is 57.2 Å². The minimum atomic E-state index is -0.00150. The van der Waals surface area contributed by atoms with E-state index in [-0.39, 0.29) is 19.0 Å². The number of halogens is 1. The molecular formula is C16H13IO3. The van der Waals surface area contributed by atoms with Gasteiger partial charge in [0, 0.05) is 11.1 Å². The molecule has 20 heavy (non-hydrogen) atoms. The molecule has 3 nitrogen and oxygen atoms in total. The number of phenols is 1. The number of aliphatic hydroxyl groups excluding tert-OH is 1. The van der Waals surface area contributed by atoms with Crippen molar-refractivity contribution in [3.63, 3.8) is 0 Å². The van der Waals surface area contributed by atoms with Crippen LogP contribution in [0.5, 0.6) is 11.5 Å². The van der Waals surface area contributed by atoms with Gasteiger partial charge in [0.25, 0.3) is 0 Å². The van der Waals surface area contributed by atoms with Crippen molar-refractivity contribution in [1.82, 2.24) is 0 Å². The Labute approximate surface area is 131 Å². The molecule has 102 valence electrons. The highest BCUT2D eigenvalue weighted by Gasteiger charge is 2.01. The Kier molecular flexibility index (Phi) is 5.27. The first-order valence-electron chi connectivity index (χ1n) is 6.03. The van der Waals surface area contributed by atoms with E-state index < -0.39 is 0 Å². The molecular weight excluding hydrogens is 367 g/mol. The molecule has 2 aromatic carbocycles. The fourth-order valence-corrected chi connectivity index (χ4v) is 2.21. The van der Waals surface area contributed by atoms with E-state index in [2.05, 4.69) is 34.4 Å². The van der Waals surface area contributed by atoms with E-state index >= 15 is 0 Å². The van der Waals surface area contributed by atoms with Crippen molar-refractivity contribution >= 4 is 22.6 Å². The summed E-state index contributed by atoms with van der Waals surface area (Å²) < 4.78 is 6.34. The van der Waals surface area contributed by atoms with Crippen LogP contribution in [0.2, 0.25) is 0 Å². The van der Waals surface area contributed by atoms with Gasteiger partial charge in [-0.15, -0.1) is 0 Å². The van der Waals surface area contributed by atoms with Gasteiger partial charge in [0.1, 0.15) is 18.1 Å². The minimum absolute atomic E-state index is 0.00150. The van der Waals surface area contributed by atoms with Crippen molar-refractivity contribution in [2.75, 3.05) is 13.2 Å². The second-order valence-electron chi connectivity index (χ2n) is 4.01. The zero-order valence-electron chi connectivity index (χ0n) is 10.6. The molecule has 2 aromatic rings. The monoisotopic (exact) mass is 380 g/mol. The van der Waals surface area contributed by atoms with Crippen LogP contribution in [0.3, 0.4) is 0 Å². The molecule has 0 aliphatic rings. The van der Waals surface area contributed by atoms with Gasteiger partial charge in [-0.1, -0.05) is 11.8 Å². The van der Waals surface area contributed by atoms with Gasteiger partial charge < -0.3 is 14.9 Å². The van der Waals surface area contributed by atoms with E-state index in [1.165, 1.54) is 0 Å². The van der Waals surface area contributed by atoms with Gasteiger partial charge in [-0.05, 0) is 65.1 Å². The number of rotatable bonds is 3. The van der Waals surface area contributed by atoms with Gasteiger partial charge >= 0.3 is 0 Å². The van der Waals surface area contributed by atoms with Crippen molar-refractivity contribution in [2.24, 2.45) is 0 Å². The molecule has 0 aromatic heterocycles. The summed E-state index contributed by atoms with van der Waals surface area (Å²) in [6.07, 6.45) is 0. The van der Waals surface area contributed by atoms with Crippen LogP contribution >= 0.6 is 22.6 Å². The summed E-state index contributed by atoms with van der Waals surface area (Å²) in [5.74, 6) is 7.07. The fraction of sp³-hybridized carbons (Fsp3) is 0.125. The van der Waals surface area contributed by atoms with Crippen LogP contribution in [0.4, 0.5) is 0 Å². The molecule has 0 heterocycles. The van der Waals surface area contributed by atoms with Crippen molar-refractivity contribution in [2.45, 2.75) is 0 Å². The van der Waals surface area contributed by atoms with Crippen LogP contribution < -0.4 is 4.74 Å². The number of hydrogen-bond donors (Lipinski definition) is 2. The lowest BCUT2D eigenvalue weighted by Gasteiger charge is -2.06. The van der Waals surface area contributed by atoms with E-state index in [1.807, 2.05) is 18.2 Å². The SMILES string of the molecule is OCCOc1ccc(C#Cc2ccc(O)cc2)cc1I. The van der Waals surface area contributed by atoms with Crippen molar-refractivity contribution in [1.29, 1.82) is 0 Å². The molecule has 0 amide bonds. The molecule has 0 bridgehead atoms. The van der Waals surface area contributed by atoms with Crippen LogP contribution in [0.15, 0.2) is 42.5 Å². The highest BCUT2D eigenvalue weighted by atomic mass is 127. The first kappa shape index (κ1) is 14.7. The average Bonchev–Trinajstić information content (AvgIpc) is 2.46. The smallest absolute Gasteiger partial charge is 0.132 e. The standard InChI is InChI=1S/C16H13IO3/c17-15-11-13(5-8-16(15)20-10-9-18)2-1-12-3-6-14(19)7-4-12/h3-8,11,18-19H,9-10H2. The number of hydrogen-bond acceptors (Lipinski definition) is 3. The minimum Gasteiger partial charge on any atom is -0.508 e. The maximum atomic E-state index is 9.20. The lowest BCUT2D eigenvalue weighted by molar-refractivity contribution is 0.200. The average molecular weight is 380 g/mol. The zero-order chi connectivity index (χ0) is 14.4. The normalized spacial score (nSPS) is 9.70. The summed E-state index contributed by atoms with van der Waals surface area (Å²) in [6, 6.07) is 12.4. The van der Waals surface area contributed by atoms with Gasteiger partial charge in [0.05, 0.1) is 10.2 Å². The Bertz CT molecular complexity index is 639. The number of ether oxygens (including phenoxy) is 1. The summed E-state index contributed by atoms with van der Waals surface area (Å²) in [4.78, 5) is 0. The topological polar surface area (TPSA) is 49.7 Å². The third-order valence-electron chi connectivity index (χ3n) is 2.50. The Morgan fingerprint density at radius 3 is 2.30 bits per heavy atom. The highest BCUT2D eigenvalue weighted by molar-refractivity contribution is 14.1. The first-order chi connectivity index (χ1) is 9.69. The lowest BCUT2D eigenvalue weighted by Crippen LogP contribution is -2.02. The fourth-order valence-electron chi connectivity index (χ4n) is 1.54. The van der Waals surface area contributed by atoms with E-state index in [1.54, 1.807) is 24.3 Å². The molecule has 0 saturated heterocycles. The molecule has 0 aliphatic heterocycles. The van der Waals surface area contributed by atoms with Crippen LogP contribution in [0.25, 0.3) is 0 Å². The number of benzene rings is 2. The van der Waals surface area contributed by atoms with E-state index in [4.69, 9.17) is 9.84 Å². The second-order valence-corrected chi connectivity index (χ2v) is 5.18. The maximum Gasteiger partial charge on any atom is 0.132 e. The predicted molar refractivity (Wildman–Crippen MR) is 85.8 cm³/mol. The summed E-state index contributed by atoms with van der Waals surface area (Å²) in [7, 11) is 0. The molecule has 0 spiro atoms. The lowest BCUT2D eigenvalue weighted by atomic mass is 10.2. The summed E-state index contributed by atoms with van der Waals surface area (Å²) in [5, 5.41) is 17.9. The van der Waals surface area contributed by atoms with Gasteiger partial charge in [0.2, 0.25) is 0 Å². The molecule has 0 radical (unpaired) electrons. The molecule has 2 N–H and O–H groups in total. The first-order valence-corrected chi connectivity index (χ1v) is 7.11. The van der Waals surface area contributed by atoms with E-state index in [9.17, 15) is 5.11 Å². The van der Waals surface area contributed by atoms with E-state index in [0.29, 0.717) is 0 Å². The van der Waals surface area contributed by atoms with Gasteiger partial charge in [-0.25, -0.2) is 0 Å². The highest BCUT2D eigenvalue weighted by Crippen LogP contribution is 2.21. The van der Waals surface area contributed by atoms with Crippen LogP contribution in [-0.2, 0) is 0 Å². The van der Waals surface area contributed by atoms with Crippen LogP contribution in [0.1, 0.15) is 11.1 Å². The molecule has 0 atom stereocenters. The molecule has 0 aliphatic carbocycles. The molecule has 4 heteroatoms. The van der Waals surface area contributed by atoms with Gasteiger partial charge in [0.15, 0.2) is 0 Å². The molecule has 0 saturated carbocycles. The Hall–Kier alpha value is -1.71. The third kappa shape index (κ3) is 4.15. The maximum absolute atomic E-state index is 9.20. The van der Waals surface area contributed by atoms with E-state index in [0.717, 1.165) is 20.4 Å². The summed E-state index contributed by atoms with van der Waals surface area (Å²) >= 11 is 2.18. The zero-order valence-corrected chi connectivity index (χ0v) is 12.8. The van der Waals surface area contributed by atoms with Gasteiger partial charge in [-0.3, -0.25) is 0 Å². The molecule has 2 rings (SSSR count). The summed E-state index contributed by atoms with van der Waals surface area (Å²) in [5.41, 5.74) is 1.73. The Morgan fingerprint density at radius 1 is 1.00 bits per heavy atom. The van der Waals surface area contributed by atoms with Crippen LogP contribution in [0, 0.1) is 15.4 Å².